The van der Waals surface area contributed by atoms with Crippen LogP contribution in [0, 0.1) is 37.0 Å². The first-order valence-corrected chi connectivity index (χ1v) is 13.6. The Hall–Kier alpha value is -2.28. The summed E-state index contributed by atoms with van der Waals surface area (Å²) in [5, 5.41) is 9.58. The molecule has 36 heavy (non-hydrogen) atoms. The van der Waals surface area contributed by atoms with Gasteiger partial charge in [-0.25, -0.2) is 5.84 Å². The van der Waals surface area contributed by atoms with Crippen molar-refractivity contribution in [1.82, 2.24) is 4.98 Å². The number of rotatable bonds is 5. The van der Waals surface area contributed by atoms with Gasteiger partial charge in [0.2, 0.25) is 0 Å². The van der Waals surface area contributed by atoms with Crippen LogP contribution in [0.4, 0.5) is 10.1 Å². The van der Waals surface area contributed by atoms with Crippen molar-refractivity contribution in [2.75, 3.05) is 12.0 Å². The highest BCUT2D eigenvalue weighted by molar-refractivity contribution is 7.18. The highest BCUT2D eigenvalue weighted by atomic mass is 31.0. The summed E-state index contributed by atoms with van der Waals surface area (Å²) in [5.74, 6) is 7.70. The molecule has 0 radical (unpaired) electrons. The van der Waals surface area contributed by atoms with Gasteiger partial charge in [0, 0.05) is 0 Å². The molecule has 1 aromatic heterocycles. The van der Waals surface area contributed by atoms with Crippen LogP contribution in [0.1, 0.15) is 95.5 Å². The van der Waals surface area contributed by atoms with Crippen LogP contribution in [0.25, 0.3) is 11.1 Å². The van der Waals surface area contributed by atoms with Crippen molar-refractivity contribution in [2.45, 2.75) is 87.0 Å². The molecule has 1 heterocycles. The summed E-state index contributed by atoms with van der Waals surface area (Å²) in [4.78, 5) is 4.40. The quantitative estimate of drug-likeness (QED) is 0.187. The maximum atomic E-state index is 9.58. The summed E-state index contributed by atoms with van der Waals surface area (Å²) >= 11 is 0. The smallest absolute Gasteiger partial charge is 0.100 e. The maximum absolute atomic E-state index is 9.58. The first-order valence-electron chi connectivity index (χ1n) is 13.1. The minimum Gasteiger partial charge on any atom is -0.295 e. The van der Waals surface area contributed by atoms with Gasteiger partial charge < -0.3 is 0 Å². The van der Waals surface area contributed by atoms with Crippen molar-refractivity contribution in [1.29, 1.82) is 5.26 Å². The van der Waals surface area contributed by atoms with Crippen LogP contribution in [-0.4, -0.2) is 12.2 Å². The van der Waals surface area contributed by atoms with Gasteiger partial charge >= 0.3 is 0 Å². The molecule has 1 aliphatic rings. The zero-order valence-electron chi connectivity index (χ0n) is 23.7. The van der Waals surface area contributed by atoms with Gasteiger partial charge in [0.1, 0.15) is 6.07 Å². The lowest BCUT2D eigenvalue weighted by atomic mass is 9.80. The number of hydrogen-bond donors (Lipinski definition) is 1. The Morgan fingerprint density at radius 3 is 2.22 bits per heavy atom. The number of nitrogens with zero attached hydrogens (tertiary/aromatic N) is 3. The zero-order valence-corrected chi connectivity index (χ0v) is 24.9. The standard InChI is InChI=1S/C17H19N4P.C10H20.C2H6.CH3F/c1-11-4-6-15(12(2)8-11)16(9-18)13(3)17-7-5-14(10-20-17)21(19)22;1-3-9(2)10-7-5-4-6-8-10;2*1-2/h4-8,10H,19,22H2,1-3H3;9-10H,3-8H2,1-2H3;1-2H3;1H3/b16-13+;;;. The van der Waals surface area contributed by atoms with E-state index in [-0.39, 0.29) is 0 Å². The second-order valence-corrected chi connectivity index (χ2v) is 9.58. The Bertz CT molecular complexity index is 942. The Morgan fingerprint density at radius 1 is 1.17 bits per heavy atom. The first kappa shape index (κ1) is 33.7. The predicted molar refractivity (Wildman–Crippen MR) is 159 cm³/mol. The molecular weight excluding hydrogens is 466 g/mol. The largest absolute Gasteiger partial charge is 0.295 e. The summed E-state index contributed by atoms with van der Waals surface area (Å²) in [6, 6.07) is 12.1. The van der Waals surface area contributed by atoms with Crippen molar-refractivity contribution in [3.8, 4) is 6.07 Å². The Labute approximate surface area is 222 Å². The molecule has 2 aromatic rings. The van der Waals surface area contributed by atoms with Gasteiger partial charge in [-0.1, -0.05) is 90.0 Å². The number of alkyl halides is 1. The molecule has 3 rings (SSSR count). The van der Waals surface area contributed by atoms with E-state index >= 15 is 0 Å². The van der Waals surface area contributed by atoms with Crippen LogP contribution < -0.4 is 10.6 Å². The van der Waals surface area contributed by atoms with E-state index < -0.39 is 0 Å². The minimum atomic E-state index is 0.500. The lowest BCUT2D eigenvalue weighted by Crippen LogP contribution is -2.17. The fourth-order valence-corrected chi connectivity index (χ4v) is 4.52. The van der Waals surface area contributed by atoms with Crippen molar-refractivity contribution >= 4 is 26.2 Å². The van der Waals surface area contributed by atoms with Crippen LogP contribution in [-0.2, 0) is 0 Å². The van der Waals surface area contributed by atoms with E-state index in [9.17, 15) is 9.65 Å². The van der Waals surface area contributed by atoms with Gasteiger partial charge in [-0.05, 0) is 70.8 Å². The molecular formula is C30H48FN4P. The Morgan fingerprint density at radius 2 is 1.78 bits per heavy atom. The van der Waals surface area contributed by atoms with E-state index in [2.05, 4.69) is 40.4 Å². The Kier molecular flexibility index (Phi) is 17.7. The van der Waals surface area contributed by atoms with Gasteiger partial charge in [0.05, 0.1) is 30.3 Å². The molecule has 1 fully saturated rings. The number of halogens is 1. The van der Waals surface area contributed by atoms with Crippen LogP contribution in [0.15, 0.2) is 36.5 Å². The SMILES string of the molecule is C/C(=C(/C#N)c1ccc(C)cc1C)c1ccc(N(N)P)cn1.CC.CCC(C)C1CCCCC1.CF. The molecule has 2 N–H and O–H groups in total. The fourth-order valence-electron chi connectivity index (χ4n) is 4.37. The van der Waals surface area contributed by atoms with Crippen LogP contribution in [0.2, 0.25) is 0 Å². The summed E-state index contributed by atoms with van der Waals surface area (Å²) in [6.07, 6.45) is 10.6. The molecule has 2 atom stereocenters. The predicted octanol–water partition coefficient (Wildman–Crippen LogP) is 8.85. The summed E-state index contributed by atoms with van der Waals surface area (Å²) in [6.45, 7) is 14.7. The number of anilines is 1. The molecule has 0 bridgehead atoms. The lowest BCUT2D eigenvalue weighted by molar-refractivity contribution is 0.258. The average Bonchev–Trinajstić information content (AvgIpc) is 2.92. The normalized spacial score (nSPS) is 14.3. The fraction of sp³-hybridized carbons (Fsp3) is 0.533. The lowest BCUT2D eigenvalue weighted by Gasteiger charge is -2.26. The van der Waals surface area contributed by atoms with Crippen molar-refractivity contribution in [3.05, 3.63) is 58.9 Å². The molecule has 0 aliphatic heterocycles. The van der Waals surface area contributed by atoms with Crippen molar-refractivity contribution in [2.24, 2.45) is 17.7 Å². The monoisotopic (exact) mass is 514 g/mol. The molecule has 6 heteroatoms. The number of benzene rings is 1. The van der Waals surface area contributed by atoms with Gasteiger partial charge in [-0.15, -0.1) is 0 Å². The van der Waals surface area contributed by atoms with Crippen molar-refractivity contribution < 1.29 is 4.39 Å². The van der Waals surface area contributed by atoms with Gasteiger partial charge in [-0.2, -0.15) is 5.26 Å². The highest BCUT2D eigenvalue weighted by Crippen LogP contribution is 2.31. The van der Waals surface area contributed by atoms with E-state index in [0.717, 1.165) is 39.9 Å². The number of aromatic nitrogens is 1. The number of nitriles is 1. The van der Waals surface area contributed by atoms with Crippen LogP contribution in [0.5, 0.6) is 0 Å². The molecule has 200 valence electrons. The first-order chi connectivity index (χ1) is 17.3. The molecule has 0 saturated heterocycles. The average molecular weight is 515 g/mol. The number of allylic oxidation sites excluding steroid dienone is 2. The second-order valence-electron chi connectivity index (χ2n) is 9.02. The molecule has 2 unspecified atom stereocenters. The number of aryl methyl sites for hydroxylation is 2. The second kappa shape index (κ2) is 18.9. The number of hydrazine groups is 1. The van der Waals surface area contributed by atoms with Crippen molar-refractivity contribution in [3.63, 3.8) is 0 Å². The van der Waals surface area contributed by atoms with E-state index in [1.807, 2.05) is 58.9 Å². The van der Waals surface area contributed by atoms with E-state index in [4.69, 9.17) is 5.84 Å². The van der Waals surface area contributed by atoms with Gasteiger partial charge in [-0.3, -0.25) is 14.2 Å². The molecule has 1 saturated carbocycles. The summed E-state index contributed by atoms with van der Waals surface area (Å²) in [7, 11) is 2.88. The van der Waals surface area contributed by atoms with Gasteiger partial charge in [0.25, 0.3) is 0 Å². The third kappa shape index (κ3) is 10.8. The topological polar surface area (TPSA) is 65.9 Å². The number of pyridine rings is 1. The van der Waals surface area contributed by atoms with E-state index in [1.165, 1.54) is 48.9 Å². The third-order valence-electron chi connectivity index (χ3n) is 6.67. The maximum Gasteiger partial charge on any atom is 0.100 e. The highest BCUT2D eigenvalue weighted by Gasteiger charge is 2.18. The summed E-state index contributed by atoms with van der Waals surface area (Å²) < 4.78 is 10.9. The molecule has 4 nitrogen and oxygen atoms in total. The van der Waals surface area contributed by atoms with Crippen LogP contribution >= 0.6 is 9.39 Å². The van der Waals surface area contributed by atoms with Gasteiger partial charge in [0.15, 0.2) is 0 Å². The molecule has 0 spiro atoms. The Balaban J connectivity index is 0.000000730. The minimum absolute atomic E-state index is 0.500. The molecule has 0 amide bonds. The van der Waals surface area contributed by atoms with E-state index in [1.54, 1.807) is 6.20 Å². The molecule has 1 aliphatic carbocycles. The zero-order chi connectivity index (χ0) is 27.7. The number of hydrogen-bond acceptors (Lipinski definition) is 4. The third-order valence-corrected chi connectivity index (χ3v) is 6.96. The number of nitrogens with two attached hydrogens (primary N) is 1. The van der Waals surface area contributed by atoms with E-state index in [0.29, 0.717) is 12.8 Å². The summed E-state index contributed by atoms with van der Waals surface area (Å²) in [5.41, 5.74) is 6.27. The molecule has 1 aromatic carbocycles. The van der Waals surface area contributed by atoms with Crippen LogP contribution in [0.3, 0.4) is 0 Å².